The highest BCUT2D eigenvalue weighted by Gasteiger charge is 2.21. The lowest BCUT2D eigenvalue weighted by Crippen LogP contribution is -2.05. The fraction of sp³-hybridized carbons (Fsp3) is 0.222. The van der Waals surface area contributed by atoms with Gasteiger partial charge in [0.25, 0.3) is 0 Å². The van der Waals surface area contributed by atoms with Gasteiger partial charge >= 0.3 is 11.6 Å². The van der Waals surface area contributed by atoms with Crippen LogP contribution in [-0.2, 0) is 4.79 Å². The summed E-state index contributed by atoms with van der Waals surface area (Å²) in [6.07, 6.45) is 0. The van der Waals surface area contributed by atoms with Gasteiger partial charge in [-0.15, -0.1) is 0 Å². The van der Waals surface area contributed by atoms with E-state index in [1.165, 1.54) is 34.3 Å². The molecule has 7 heteroatoms. The number of hydrogen-bond acceptors (Lipinski definition) is 7. The summed E-state index contributed by atoms with van der Waals surface area (Å²) in [7, 11) is 4.43. The predicted molar refractivity (Wildman–Crippen MR) is 91.0 cm³/mol. The molecule has 0 unspecified atom stereocenters. The van der Waals surface area contributed by atoms with Crippen LogP contribution < -0.4 is 24.6 Å². The first-order valence-electron chi connectivity index (χ1n) is 7.38. The average molecular weight is 344 g/mol. The summed E-state index contributed by atoms with van der Waals surface area (Å²) in [5.41, 5.74) is -0.302. The molecule has 0 saturated heterocycles. The number of hydrogen-bond donors (Lipinski definition) is 0. The van der Waals surface area contributed by atoms with Gasteiger partial charge in [-0.2, -0.15) is 0 Å². The summed E-state index contributed by atoms with van der Waals surface area (Å²) in [6, 6.07) is 6.32. The highest BCUT2D eigenvalue weighted by Crippen LogP contribution is 2.45. The molecule has 2 aromatic carbocycles. The summed E-state index contributed by atoms with van der Waals surface area (Å²) in [4.78, 5) is 23.6. The Morgan fingerprint density at radius 2 is 1.68 bits per heavy atom. The van der Waals surface area contributed by atoms with Crippen molar-refractivity contribution < 1.29 is 28.2 Å². The fourth-order valence-electron chi connectivity index (χ4n) is 2.76. The van der Waals surface area contributed by atoms with Crippen LogP contribution >= 0.6 is 0 Å². The van der Waals surface area contributed by atoms with E-state index in [-0.39, 0.29) is 11.3 Å². The maximum Gasteiger partial charge on any atom is 0.344 e. The number of rotatable bonds is 4. The first-order valence-corrected chi connectivity index (χ1v) is 7.38. The van der Waals surface area contributed by atoms with E-state index in [4.69, 9.17) is 23.4 Å². The van der Waals surface area contributed by atoms with Crippen molar-refractivity contribution in [1.29, 1.82) is 0 Å². The van der Waals surface area contributed by atoms with Gasteiger partial charge in [0.15, 0.2) is 11.5 Å². The Kier molecular flexibility index (Phi) is 4.22. The first-order chi connectivity index (χ1) is 12.0. The summed E-state index contributed by atoms with van der Waals surface area (Å²) in [5.74, 6) is 0.895. The maximum absolute atomic E-state index is 12.4. The number of esters is 1. The van der Waals surface area contributed by atoms with Crippen molar-refractivity contribution in [1.82, 2.24) is 0 Å². The van der Waals surface area contributed by atoms with E-state index < -0.39 is 11.6 Å². The van der Waals surface area contributed by atoms with Gasteiger partial charge < -0.3 is 23.4 Å². The topological polar surface area (TPSA) is 84.2 Å². The minimum Gasteiger partial charge on any atom is -0.493 e. The molecule has 25 heavy (non-hydrogen) atoms. The number of fused-ring (bicyclic) bond motifs is 3. The molecule has 0 N–H and O–H groups in total. The zero-order valence-corrected chi connectivity index (χ0v) is 14.2. The van der Waals surface area contributed by atoms with Crippen LogP contribution in [0.3, 0.4) is 0 Å². The molecule has 0 saturated carbocycles. The van der Waals surface area contributed by atoms with Crippen molar-refractivity contribution in [3.8, 4) is 23.0 Å². The Morgan fingerprint density at radius 1 is 0.960 bits per heavy atom. The van der Waals surface area contributed by atoms with E-state index in [1.807, 2.05) is 0 Å². The third-order valence-corrected chi connectivity index (χ3v) is 3.74. The van der Waals surface area contributed by atoms with Crippen LogP contribution in [0.25, 0.3) is 21.7 Å². The van der Waals surface area contributed by atoms with Crippen molar-refractivity contribution in [3.05, 3.63) is 34.7 Å². The lowest BCUT2D eigenvalue weighted by Gasteiger charge is -2.15. The molecule has 3 rings (SSSR count). The van der Waals surface area contributed by atoms with Crippen molar-refractivity contribution in [2.45, 2.75) is 6.92 Å². The molecule has 0 spiro atoms. The zero-order chi connectivity index (χ0) is 18.1. The number of carbonyl (C=O) groups is 1. The first kappa shape index (κ1) is 16.6. The lowest BCUT2D eigenvalue weighted by atomic mass is 10.0. The van der Waals surface area contributed by atoms with E-state index in [0.29, 0.717) is 33.4 Å². The highest BCUT2D eigenvalue weighted by molar-refractivity contribution is 6.10. The van der Waals surface area contributed by atoms with E-state index >= 15 is 0 Å². The van der Waals surface area contributed by atoms with Crippen LogP contribution in [0.1, 0.15) is 6.92 Å². The molecule has 0 bridgehead atoms. The molecule has 3 aromatic rings. The molecule has 0 fully saturated rings. The van der Waals surface area contributed by atoms with Crippen molar-refractivity contribution in [2.75, 3.05) is 21.3 Å². The van der Waals surface area contributed by atoms with Crippen LogP contribution in [0.5, 0.6) is 23.0 Å². The van der Waals surface area contributed by atoms with Crippen molar-refractivity contribution in [2.24, 2.45) is 0 Å². The zero-order valence-electron chi connectivity index (χ0n) is 14.2. The number of benzene rings is 2. The Hall–Kier alpha value is -3.22. The van der Waals surface area contributed by atoms with Crippen LogP contribution in [-0.4, -0.2) is 27.3 Å². The van der Waals surface area contributed by atoms with Crippen LogP contribution in [0.2, 0.25) is 0 Å². The second kappa shape index (κ2) is 6.35. The highest BCUT2D eigenvalue weighted by atomic mass is 16.5. The molecular weight excluding hydrogens is 328 g/mol. The quantitative estimate of drug-likeness (QED) is 0.311. The second-order valence-electron chi connectivity index (χ2n) is 5.21. The largest absolute Gasteiger partial charge is 0.493 e. The molecule has 0 atom stereocenters. The van der Waals surface area contributed by atoms with Gasteiger partial charge in [-0.3, -0.25) is 4.79 Å². The Morgan fingerprint density at radius 3 is 2.28 bits per heavy atom. The third-order valence-electron chi connectivity index (χ3n) is 3.74. The van der Waals surface area contributed by atoms with E-state index in [9.17, 15) is 9.59 Å². The molecule has 0 aliphatic carbocycles. The van der Waals surface area contributed by atoms with Gasteiger partial charge in [0.2, 0.25) is 5.75 Å². The summed E-state index contributed by atoms with van der Waals surface area (Å²) in [5, 5.41) is 1.44. The summed E-state index contributed by atoms with van der Waals surface area (Å²) < 4.78 is 26.5. The SMILES string of the molecule is COc1cc2c(=O)oc3cc(OC(C)=O)ccc3c2c(OC)c1OC. The van der Waals surface area contributed by atoms with Gasteiger partial charge in [0.1, 0.15) is 11.3 Å². The smallest absolute Gasteiger partial charge is 0.344 e. The average Bonchev–Trinajstić information content (AvgIpc) is 2.59. The van der Waals surface area contributed by atoms with Gasteiger partial charge in [-0.05, 0) is 18.2 Å². The molecule has 0 radical (unpaired) electrons. The maximum atomic E-state index is 12.4. The molecule has 0 aliphatic rings. The Bertz CT molecular complexity index is 1030. The number of carbonyl (C=O) groups excluding carboxylic acids is 1. The van der Waals surface area contributed by atoms with E-state index in [2.05, 4.69) is 0 Å². The molecule has 7 nitrogen and oxygen atoms in total. The summed E-state index contributed by atoms with van der Waals surface area (Å²) >= 11 is 0. The fourth-order valence-corrected chi connectivity index (χ4v) is 2.76. The standard InChI is InChI=1S/C18H16O7/c1-9(19)24-10-5-6-11-13(7-10)25-18(20)12-8-14(21-2)16(22-3)17(23-4)15(11)12/h5-8H,1-4H3. The molecule has 1 aromatic heterocycles. The minimum absolute atomic E-state index is 0.266. The van der Waals surface area contributed by atoms with Gasteiger partial charge in [0.05, 0.1) is 26.7 Å². The Labute approximate surface area is 142 Å². The van der Waals surface area contributed by atoms with Crippen LogP contribution in [0.15, 0.2) is 33.5 Å². The normalized spacial score (nSPS) is 10.7. The number of ether oxygens (including phenoxy) is 4. The molecular formula is C18H16O7. The van der Waals surface area contributed by atoms with Gasteiger partial charge in [0, 0.05) is 23.8 Å². The van der Waals surface area contributed by atoms with E-state index in [1.54, 1.807) is 18.2 Å². The van der Waals surface area contributed by atoms with Crippen molar-refractivity contribution >= 4 is 27.7 Å². The Balaban J connectivity index is 2.44. The second-order valence-corrected chi connectivity index (χ2v) is 5.21. The third kappa shape index (κ3) is 2.73. The molecule has 130 valence electrons. The monoisotopic (exact) mass is 344 g/mol. The lowest BCUT2D eigenvalue weighted by molar-refractivity contribution is -0.131. The van der Waals surface area contributed by atoms with Gasteiger partial charge in [-0.1, -0.05) is 0 Å². The number of methoxy groups -OCH3 is 3. The van der Waals surface area contributed by atoms with Gasteiger partial charge in [-0.25, -0.2) is 4.79 Å². The van der Waals surface area contributed by atoms with Crippen molar-refractivity contribution in [3.63, 3.8) is 0 Å². The van der Waals surface area contributed by atoms with Crippen LogP contribution in [0.4, 0.5) is 0 Å². The van der Waals surface area contributed by atoms with E-state index in [0.717, 1.165) is 0 Å². The summed E-state index contributed by atoms with van der Waals surface area (Å²) in [6.45, 7) is 1.29. The molecule has 0 aliphatic heterocycles. The minimum atomic E-state index is -0.568. The molecule has 1 heterocycles. The van der Waals surface area contributed by atoms with Crippen LogP contribution in [0, 0.1) is 0 Å². The predicted octanol–water partition coefficient (Wildman–Crippen LogP) is 2.90. The molecule has 0 amide bonds.